The van der Waals surface area contributed by atoms with Crippen molar-refractivity contribution < 1.29 is 14.6 Å². The van der Waals surface area contributed by atoms with Gasteiger partial charge in [0.1, 0.15) is 18.5 Å². The number of amides is 1. The van der Waals surface area contributed by atoms with Crippen molar-refractivity contribution in [1.82, 2.24) is 4.90 Å². The Morgan fingerprint density at radius 2 is 1.78 bits per heavy atom. The van der Waals surface area contributed by atoms with Crippen LogP contribution in [0.5, 0.6) is 5.75 Å². The van der Waals surface area contributed by atoms with Crippen molar-refractivity contribution in [2.24, 2.45) is 0 Å². The number of ether oxygens (including phenoxy) is 1. The van der Waals surface area contributed by atoms with Crippen molar-refractivity contribution in [3.05, 3.63) is 60.2 Å². The molecule has 2 aromatic carbocycles. The van der Waals surface area contributed by atoms with Crippen LogP contribution in [-0.4, -0.2) is 49.3 Å². The molecule has 0 spiro atoms. The molecule has 0 heterocycles. The lowest BCUT2D eigenvalue weighted by molar-refractivity contribution is 0.0831. The van der Waals surface area contributed by atoms with E-state index in [9.17, 15) is 9.90 Å². The summed E-state index contributed by atoms with van der Waals surface area (Å²) in [4.78, 5) is 13.9. The summed E-state index contributed by atoms with van der Waals surface area (Å²) in [6.45, 7) is 0.777. The van der Waals surface area contributed by atoms with Gasteiger partial charge in [-0.05, 0) is 50.5 Å². The predicted molar refractivity (Wildman–Crippen MR) is 90.9 cm³/mol. The number of aliphatic hydroxyl groups excluding tert-OH is 1. The molecular weight excluding hydrogens is 292 g/mol. The molecule has 122 valence electrons. The Morgan fingerprint density at radius 3 is 2.39 bits per heavy atom. The number of anilines is 1. The zero-order valence-corrected chi connectivity index (χ0v) is 13.4. The minimum atomic E-state index is -0.539. The molecule has 5 heteroatoms. The second-order valence-electron chi connectivity index (χ2n) is 5.57. The number of nitrogens with one attached hydrogen (secondary N) is 1. The molecule has 0 saturated heterocycles. The van der Waals surface area contributed by atoms with Gasteiger partial charge in [0.05, 0.1) is 0 Å². The summed E-state index contributed by atoms with van der Waals surface area (Å²) in [6.07, 6.45) is -0.539. The van der Waals surface area contributed by atoms with Crippen LogP contribution in [0.1, 0.15) is 10.4 Å². The molecule has 0 radical (unpaired) electrons. The quantitative estimate of drug-likeness (QED) is 0.823. The Balaban J connectivity index is 1.86. The highest BCUT2D eigenvalue weighted by atomic mass is 16.5. The molecule has 0 saturated carbocycles. The van der Waals surface area contributed by atoms with Crippen molar-refractivity contribution >= 4 is 11.6 Å². The first-order chi connectivity index (χ1) is 11.0. The van der Waals surface area contributed by atoms with E-state index in [4.69, 9.17) is 4.74 Å². The van der Waals surface area contributed by atoms with Crippen LogP contribution in [0.15, 0.2) is 54.6 Å². The van der Waals surface area contributed by atoms with Crippen LogP contribution in [0.2, 0.25) is 0 Å². The van der Waals surface area contributed by atoms with Crippen LogP contribution in [0.4, 0.5) is 5.69 Å². The van der Waals surface area contributed by atoms with Gasteiger partial charge in [-0.1, -0.05) is 18.2 Å². The molecule has 1 atom stereocenters. The second-order valence-corrected chi connectivity index (χ2v) is 5.57. The zero-order valence-electron chi connectivity index (χ0n) is 13.4. The predicted octanol–water partition coefficient (Wildman–Crippen LogP) is 2.24. The standard InChI is InChI=1S/C18H22N2O3/c1-20(2)12-16(21)13-23-17-10-8-15(9-11-17)19-18(22)14-6-4-3-5-7-14/h3-11,16,21H,12-13H2,1-2H3,(H,19,22). The molecule has 2 aromatic rings. The van der Waals surface area contributed by atoms with Crippen LogP contribution in [-0.2, 0) is 0 Å². The number of rotatable bonds is 7. The molecular formula is C18H22N2O3. The highest BCUT2D eigenvalue weighted by molar-refractivity contribution is 6.04. The van der Waals surface area contributed by atoms with Crippen molar-refractivity contribution in [1.29, 1.82) is 0 Å². The number of nitrogens with zero attached hydrogens (tertiary/aromatic N) is 1. The number of carbonyl (C=O) groups is 1. The smallest absolute Gasteiger partial charge is 0.255 e. The average Bonchev–Trinajstić information content (AvgIpc) is 2.54. The summed E-state index contributed by atoms with van der Waals surface area (Å²) in [7, 11) is 3.79. The molecule has 0 aliphatic heterocycles. The van der Waals surface area contributed by atoms with Gasteiger partial charge in [-0.15, -0.1) is 0 Å². The zero-order chi connectivity index (χ0) is 16.7. The third kappa shape index (κ3) is 5.73. The van der Waals surface area contributed by atoms with E-state index in [-0.39, 0.29) is 12.5 Å². The van der Waals surface area contributed by atoms with E-state index in [1.54, 1.807) is 36.4 Å². The van der Waals surface area contributed by atoms with Crippen molar-refractivity contribution in [3.8, 4) is 5.75 Å². The van der Waals surface area contributed by atoms with E-state index in [1.807, 2.05) is 37.2 Å². The van der Waals surface area contributed by atoms with Crippen LogP contribution in [0.3, 0.4) is 0 Å². The van der Waals surface area contributed by atoms with Crippen LogP contribution in [0, 0.1) is 0 Å². The number of carbonyl (C=O) groups excluding carboxylic acids is 1. The summed E-state index contributed by atoms with van der Waals surface area (Å²) >= 11 is 0. The van der Waals surface area contributed by atoms with E-state index in [0.717, 1.165) is 0 Å². The van der Waals surface area contributed by atoms with Gasteiger partial charge < -0.3 is 20.1 Å². The van der Waals surface area contributed by atoms with E-state index < -0.39 is 6.10 Å². The van der Waals surface area contributed by atoms with Crippen LogP contribution < -0.4 is 10.1 Å². The molecule has 0 bridgehead atoms. The molecule has 0 aromatic heterocycles. The topological polar surface area (TPSA) is 61.8 Å². The fraction of sp³-hybridized carbons (Fsp3) is 0.278. The monoisotopic (exact) mass is 314 g/mol. The fourth-order valence-corrected chi connectivity index (χ4v) is 2.09. The van der Waals surface area contributed by atoms with E-state index >= 15 is 0 Å². The first kappa shape index (κ1) is 17.0. The van der Waals surface area contributed by atoms with Gasteiger partial charge in [0, 0.05) is 17.8 Å². The molecule has 0 fully saturated rings. The van der Waals surface area contributed by atoms with Gasteiger partial charge in [-0.3, -0.25) is 4.79 Å². The summed E-state index contributed by atoms with van der Waals surface area (Å²) in [5, 5.41) is 12.6. The van der Waals surface area contributed by atoms with Gasteiger partial charge >= 0.3 is 0 Å². The first-order valence-corrected chi connectivity index (χ1v) is 7.46. The van der Waals surface area contributed by atoms with Gasteiger partial charge in [-0.25, -0.2) is 0 Å². The SMILES string of the molecule is CN(C)CC(O)COc1ccc(NC(=O)c2ccccc2)cc1. The lowest BCUT2D eigenvalue weighted by Gasteiger charge is -2.16. The Labute approximate surface area is 136 Å². The molecule has 1 amide bonds. The summed E-state index contributed by atoms with van der Waals surface area (Å²) in [5.74, 6) is 0.501. The van der Waals surface area contributed by atoms with Gasteiger partial charge in [-0.2, -0.15) is 0 Å². The van der Waals surface area contributed by atoms with Gasteiger partial charge in [0.2, 0.25) is 0 Å². The van der Waals surface area contributed by atoms with E-state index in [0.29, 0.717) is 23.5 Å². The number of hydrogen-bond acceptors (Lipinski definition) is 4. The molecule has 23 heavy (non-hydrogen) atoms. The highest BCUT2D eigenvalue weighted by Gasteiger charge is 2.07. The Kier molecular flexibility index (Phi) is 6.14. The normalized spacial score (nSPS) is 12.0. The minimum absolute atomic E-state index is 0.152. The Morgan fingerprint density at radius 1 is 1.13 bits per heavy atom. The molecule has 0 aliphatic rings. The van der Waals surface area contributed by atoms with Gasteiger partial charge in [0.15, 0.2) is 0 Å². The van der Waals surface area contributed by atoms with Crippen molar-refractivity contribution in [2.45, 2.75) is 6.10 Å². The lowest BCUT2D eigenvalue weighted by Crippen LogP contribution is -2.30. The maximum absolute atomic E-state index is 12.0. The fourth-order valence-electron chi connectivity index (χ4n) is 2.09. The number of benzene rings is 2. The molecule has 1 unspecified atom stereocenters. The number of likely N-dealkylation sites (N-methyl/N-ethyl adjacent to an activating group) is 1. The summed E-state index contributed by atoms with van der Waals surface area (Å²) in [5.41, 5.74) is 1.31. The molecule has 5 nitrogen and oxygen atoms in total. The average molecular weight is 314 g/mol. The van der Waals surface area contributed by atoms with E-state index in [2.05, 4.69) is 5.32 Å². The Hall–Kier alpha value is -2.37. The summed E-state index contributed by atoms with van der Waals surface area (Å²) < 4.78 is 5.52. The van der Waals surface area contributed by atoms with Crippen molar-refractivity contribution in [2.75, 3.05) is 32.6 Å². The lowest BCUT2D eigenvalue weighted by atomic mass is 10.2. The number of hydrogen-bond donors (Lipinski definition) is 2. The third-order valence-corrected chi connectivity index (χ3v) is 3.17. The Bertz CT molecular complexity index is 612. The molecule has 0 aliphatic carbocycles. The van der Waals surface area contributed by atoms with E-state index in [1.165, 1.54) is 0 Å². The number of aliphatic hydroxyl groups is 1. The third-order valence-electron chi connectivity index (χ3n) is 3.17. The highest BCUT2D eigenvalue weighted by Crippen LogP contribution is 2.16. The van der Waals surface area contributed by atoms with Crippen LogP contribution >= 0.6 is 0 Å². The van der Waals surface area contributed by atoms with Gasteiger partial charge in [0.25, 0.3) is 5.91 Å². The first-order valence-electron chi connectivity index (χ1n) is 7.46. The van der Waals surface area contributed by atoms with Crippen LogP contribution in [0.25, 0.3) is 0 Å². The maximum Gasteiger partial charge on any atom is 0.255 e. The molecule has 2 rings (SSSR count). The summed E-state index contributed by atoms with van der Waals surface area (Å²) in [6, 6.07) is 16.1. The molecule has 2 N–H and O–H groups in total. The minimum Gasteiger partial charge on any atom is -0.491 e. The largest absolute Gasteiger partial charge is 0.491 e. The van der Waals surface area contributed by atoms with Crippen molar-refractivity contribution in [3.63, 3.8) is 0 Å². The maximum atomic E-state index is 12.0. The second kappa shape index (κ2) is 8.31.